The first-order chi connectivity index (χ1) is 8.37. The highest BCUT2D eigenvalue weighted by atomic mass is 32.2. The fourth-order valence-electron chi connectivity index (χ4n) is 1.39. The highest BCUT2D eigenvalue weighted by molar-refractivity contribution is 7.88. The SMILES string of the molecule is C=C/C(NS(C)(=O)=O)=C(/OC)N(C)OC1CNC1. The molecule has 0 unspecified atom stereocenters. The molecule has 0 radical (unpaired) electrons. The molecule has 2 N–H and O–H groups in total. The molecular weight excluding hydrogens is 258 g/mol. The fraction of sp³-hybridized carbons (Fsp3) is 0.600. The molecule has 18 heavy (non-hydrogen) atoms. The van der Waals surface area contributed by atoms with Crippen LogP contribution in [0.1, 0.15) is 0 Å². The number of hydroxylamine groups is 2. The van der Waals surface area contributed by atoms with Gasteiger partial charge in [-0.05, 0) is 6.08 Å². The summed E-state index contributed by atoms with van der Waals surface area (Å²) in [6.07, 6.45) is 2.48. The van der Waals surface area contributed by atoms with E-state index in [0.717, 1.165) is 19.3 Å². The van der Waals surface area contributed by atoms with Gasteiger partial charge in [0, 0.05) is 20.1 Å². The van der Waals surface area contributed by atoms with E-state index >= 15 is 0 Å². The number of sulfonamides is 1. The van der Waals surface area contributed by atoms with Crippen LogP contribution in [0.15, 0.2) is 24.2 Å². The van der Waals surface area contributed by atoms with Gasteiger partial charge in [-0.3, -0.25) is 9.56 Å². The van der Waals surface area contributed by atoms with Crippen LogP contribution in [-0.4, -0.2) is 53.1 Å². The summed E-state index contributed by atoms with van der Waals surface area (Å²) in [6.45, 7) is 5.06. The Morgan fingerprint density at radius 3 is 2.50 bits per heavy atom. The molecule has 0 amide bonds. The predicted octanol–water partition coefficient (Wildman–Crippen LogP) is -0.628. The first-order valence-corrected chi connectivity index (χ1v) is 7.26. The van der Waals surface area contributed by atoms with Crippen molar-refractivity contribution in [2.24, 2.45) is 0 Å². The van der Waals surface area contributed by atoms with E-state index in [1.165, 1.54) is 18.2 Å². The van der Waals surface area contributed by atoms with Crippen LogP contribution in [0.5, 0.6) is 0 Å². The first-order valence-electron chi connectivity index (χ1n) is 5.37. The van der Waals surface area contributed by atoms with Gasteiger partial charge in [-0.15, -0.1) is 0 Å². The number of methoxy groups -OCH3 is 1. The van der Waals surface area contributed by atoms with Crippen molar-refractivity contribution in [3.05, 3.63) is 24.2 Å². The lowest BCUT2D eigenvalue weighted by molar-refractivity contribution is -0.194. The molecule has 1 heterocycles. The third kappa shape index (κ3) is 4.21. The van der Waals surface area contributed by atoms with E-state index in [-0.39, 0.29) is 17.7 Å². The molecule has 0 atom stereocenters. The van der Waals surface area contributed by atoms with Gasteiger partial charge in [-0.25, -0.2) is 13.5 Å². The monoisotopic (exact) mass is 277 g/mol. The fourth-order valence-corrected chi connectivity index (χ4v) is 1.96. The van der Waals surface area contributed by atoms with Crippen LogP contribution in [0, 0.1) is 0 Å². The summed E-state index contributed by atoms with van der Waals surface area (Å²) < 4.78 is 29.9. The Kier molecular flexibility index (Phi) is 5.00. The van der Waals surface area contributed by atoms with Gasteiger partial charge in [0.05, 0.1) is 13.4 Å². The summed E-state index contributed by atoms with van der Waals surface area (Å²) in [5.74, 6) is 0.252. The molecule has 1 rings (SSSR count). The molecule has 7 nitrogen and oxygen atoms in total. The molecule has 0 aromatic heterocycles. The molecular formula is C10H19N3O4S. The van der Waals surface area contributed by atoms with Crippen molar-refractivity contribution in [2.45, 2.75) is 6.10 Å². The number of rotatable bonds is 7. The van der Waals surface area contributed by atoms with Crippen LogP contribution >= 0.6 is 0 Å². The third-order valence-electron chi connectivity index (χ3n) is 2.26. The average molecular weight is 277 g/mol. The van der Waals surface area contributed by atoms with Crippen LogP contribution in [0.2, 0.25) is 0 Å². The number of hydrogen-bond acceptors (Lipinski definition) is 6. The Balaban J connectivity index is 2.83. The van der Waals surface area contributed by atoms with Crippen LogP contribution in [0.3, 0.4) is 0 Å². The molecule has 0 saturated carbocycles. The van der Waals surface area contributed by atoms with Gasteiger partial charge < -0.3 is 10.1 Å². The Morgan fingerprint density at radius 2 is 2.17 bits per heavy atom. The van der Waals surface area contributed by atoms with E-state index in [4.69, 9.17) is 9.57 Å². The summed E-state index contributed by atoms with van der Waals surface area (Å²) >= 11 is 0. The van der Waals surface area contributed by atoms with Crippen LogP contribution in [0.4, 0.5) is 0 Å². The summed E-state index contributed by atoms with van der Waals surface area (Å²) in [4.78, 5) is 5.54. The van der Waals surface area contributed by atoms with Crippen LogP contribution < -0.4 is 10.0 Å². The maximum Gasteiger partial charge on any atom is 0.238 e. The van der Waals surface area contributed by atoms with E-state index < -0.39 is 10.0 Å². The minimum absolute atomic E-state index is 0.0597. The van der Waals surface area contributed by atoms with Crippen molar-refractivity contribution in [1.82, 2.24) is 15.1 Å². The smallest absolute Gasteiger partial charge is 0.238 e. The minimum Gasteiger partial charge on any atom is -0.479 e. The van der Waals surface area contributed by atoms with Gasteiger partial charge in [0.25, 0.3) is 0 Å². The van der Waals surface area contributed by atoms with Crippen molar-refractivity contribution >= 4 is 10.0 Å². The van der Waals surface area contributed by atoms with Gasteiger partial charge in [0.15, 0.2) is 0 Å². The third-order valence-corrected chi connectivity index (χ3v) is 2.85. The lowest BCUT2D eigenvalue weighted by atomic mass is 10.2. The molecule has 0 bridgehead atoms. The maximum atomic E-state index is 11.2. The Bertz CT molecular complexity index is 428. The Hall–Kier alpha value is -1.25. The highest BCUT2D eigenvalue weighted by Crippen LogP contribution is 2.13. The summed E-state index contributed by atoms with van der Waals surface area (Å²) in [6, 6.07) is 0. The summed E-state index contributed by atoms with van der Waals surface area (Å²) in [7, 11) is -0.322. The van der Waals surface area contributed by atoms with Gasteiger partial charge in [-0.1, -0.05) is 6.58 Å². The number of nitrogens with zero attached hydrogens (tertiary/aromatic N) is 1. The van der Waals surface area contributed by atoms with Gasteiger partial charge in [0.2, 0.25) is 15.9 Å². The summed E-state index contributed by atoms with van der Waals surface area (Å²) in [5, 5.41) is 4.45. The zero-order valence-corrected chi connectivity index (χ0v) is 11.6. The normalized spacial score (nSPS) is 17.5. The average Bonchev–Trinajstić information content (AvgIpc) is 2.21. The van der Waals surface area contributed by atoms with Crippen LogP contribution in [0.25, 0.3) is 0 Å². The molecule has 8 heteroatoms. The van der Waals surface area contributed by atoms with Crippen molar-refractivity contribution < 1.29 is 18.0 Å². The quantitative estimate of drug-likeness (QED) is 0.366. The van der Waals surface area contributed by atoms with E-state index in [1.807, 2.05) is 0 Å². The molecule has 1 saturated heterocycles. The van der Waals surface area contributed by atoms with E-state index in [1.54, 1.807) is 7.05 Å². The number of ether oxygens (including phenoxy) is 1. The second-order valence-electron chi connectivity index (χ2n) is 3.88. The first kappa shape index (κ1) is 14.8. The molecule has 1 fully saturated rings. The second-order valence-corrected chi connectivity index (χ2v) is 5.63. The molecule has 0 spiro atoms. The lowest BCUT2D eigenvalue weighted by Gasteiger charge is -2.32. The van der Waals surface area contributed by atoms with Gasteiger partial charge in [-0.2, -0.15) is 0 Å². The van der Waals surface area contributed by atoms with Gasteiger partial charge in [0.1, 0.15) is 11.8 Å². The van der Waals surface area contributed by atoms with Crippen LogP contribution in [-0.2, 0) is 19.6 Å². The van der Waals surface area contributed by atoms with Crippen molar-refractivity contribution in [1.29, 1.82) is 0 Å². The zero-order chi connectivity index (χ0) is 13.8. The standard InChI is InChI=1S/C10H19N3O4S/c1-5-9(12-18(4,14)15)10(16-3)13(2)17-8-6-11-7-8/h5,8,11-12H,1,6-7H2,2-4H3/b10-9-. The highest BCUT2D eigenvalue weighted by Gasteiger charge is 2.22. The van der Waals surface area contributed by atoms with E-state index in [2.05, 4.69) is 16.6 Å². The molecule has 0 aliphatic carbocycles. The zero-order valence-electron chi connectivity index (χ0n) is 10.8. The second kappa shape index (κ2) is 6.07. The molecule has 1 aliphatic heterocycles. The summed E-state index contributed by atoms with van der Waals surface area (Å²) in [5.41, 5.74) is 0.231. The molecule has 104 valence electrons. The van der Waals surface area contributed by atoms with Crippen molar-refractivity contribution in [3.63, 3.8) is 0 Å². The minimum atomic E-state index is -3.40. The molecule has 1 aliphatic rings. The van der Waals surface area contributed by atoms with Crippen molar-refractivity contribution in [3.8, 4) is 0 Å². The topological polar surface area (TPSA) is 79.9 Å². The predicted molar refractivity (Wildman–Crippen MR) is 67.7 cm³/mol. The lowest BCUT2D eigenvalue weighted by Crippen LogP contribution is -2.51. The van der Waals surface area contributed by atoms with E-state index in [0.29, 0.717) is 0 Å². The molecule has 0 aromatic rings. The number of hydrogen-bond donors (Lipinski definition) is 2. The number of nitrogens with one attached hydrogen (secondary N) is 2. The van der Waals surface area contributed by atoms with E-state index in [9.17, 15) is 8.42 Å². The Labute approximate surface area is 107 Å². The van der Waals surface area contributed by atoms with Crippen molar-refractivity contribution in [2.75, 3.05) is 33.5 Å². The largest absolute Gasteiger partial charge is 0.479 e. The number of allylic oxidation sites excluding steroid dienone is 1. The maximum absolute atomic E-state index is 11.2. The van der Waals surface area contributed by atoms with Gasteiger partial charge >= 0.3 is 0 Å². The Morgan fingerprint density at radius 1 is 1.56 bits per heavy atom. The molecule has 0 aromatic carbocycles.